The second kappa shape index (κ2) is 7.19. The van der Waals surface area contributed by atoms with Crippen molar-refractivity contribution in [2.45, 2.75) is 19.4 Å². The first-order chi connectivity index (χ1) is 13.6. The molecule has 0 bridgehead atoms. The Labute approximate surface area is 160 Å². The number of ether oxygens (including phenoxy) is 1. The fraction of sp³-hybridized carbons (Fsp3) is 0.190. The van der Waals surface area contributed by atoms with Gasteiger partial charge in [-0.3, -0.25) is 14.4 Å². The number of nitrogens with zero attached hydrogens (tertiary/aromatic N) is 1. The number of fused-ring (bicyclic) bond motifs is 1. The second-order valence-corrected chi connectivity index (χ2v) is 6.64. The highest BCUT2D eigenvalue weighted by atomic mass is 16.7. The molecule has 7 nitrogen and oxygen atoms in total. The molecule has 1 amide bonds. The van der Waals surface area contributed by atoms with E-state index in [1.807, 2.05) is 30.3 Å². The topological polar surface area (TPSA) is 101 Å². The van der Waals surface area contributed by atoms with Crippen molar-refractivity contribution in [3.05, 3.63) is 76.1 Å². The molecule has 0 unspecified atom stereocenters. The standard InChI is InChI=1S/C21H18N2O5/c22-19(24)17-18(28-21(26)14-10-11-14)15-8-4-5-9-16(15)23(20(17)25)27-12-13-6-2-1-3-7-13/h1-9,14H,10-12H2,(H2,22,24). The third kappa shape index (κ3) is 3.34. The van der Waals surface area contributed by atoms with Gasteiger partial charge in [-0.15, -0.1) is 4.73 Å². The van der Waals surface area contributed by atoms with Crippen LogP contribution in [0.5, 0.6) is 5.75 Å². The van der Waals surface area contributed by atoms with Crippen LogP contribution < -0.4 is 20.9 Å². The summed E-state index contributed by atoms with van der Waals surface area (Å²) in [6, 6.07) is 16.0. The molecule has 1 aliphatic carbocycles. The summed E-state index contributed by atoms with van der Waals surface area (Å²) in [7, 11) is 0. The summed E-state index contributed by atoms with van der Waals surface area (Å²) in [6.45, 7) is 0.115. The van der Waals surface area contributed by atoms with Gasteiger partial charge in [-0.1, -0.05) is 42.5 Å². The van der Waals surface area contributed by atoms with Gasteiger partial charge < -0.3 is 15.3 Å². The number of hydrogen-bond acceptors (Lipinski definition) is 5. The van der Waals surface area contributed by atoms with Gasteiger partial charge in [0.15, 0.2) is 11.3 Å². The molecular formula is C21H18N2O5. The van der Waals surface area contributed by atoms with Gasteiger partial charge in [0, 0.05) is 5.39 Å². The molecule has 7 heteroatoms. The van der Waals surface area contributed by atoms with Gasteiger partial charge in [0.2, 0.25) is 0 Å². The summed E-state index contributed by atoms with van der Waals surface area (Å²) in [5.74, 6) is -1.75. The number of hydrogen-bond donors (Lipinski definition) is 1. The minimum atomic E-state index is -0.980. The van der Waals surface area contributed by atoms with Gasteiger partial charge >= 0.3 is 5.97 Å². The van der Waals surface area contributed by atoms with E-state index in [1.165, 1.54) is 0 Å². The number of carbonyl (C=O) groups excluding carboxylic acids is 2. The lowest BCUT2D eigenvalue weighted by molar-refractivity contribution is -0.135. The summed E-state index contributed by atoms with van der Waals surface area (Å²) in [4.78, 5) is 42.9. The van der Waals surface area contributed by atoms with Crippen molar-refractivity contribution in [3.63, 3.8) is 0 Å². The van der Waals surface area contributed by atoms with Crippen LogP contribution in [0.1, 0.15) is 28.8 Å². The van der Waals surface area contributed by atoms with Gasteiger partial charge in [0.1, 0.15) is 6.61 Å². The van der Waals surface area contributed by atoms with E-state index in [0.29, 0.717) is 10.9 Å². The number of rotatable bonds is 6. The Morgan fingerprint density at radius 1 is 1.04 bits per heavy atom. The zero-order valence-corrected chi connectivity index (χ0v) is 15.0. The fourth-order valence-electron chi connectivity index (χ4n) is 2.95. The molecule has 2 N–H and O–H groups in total. The molecule has 1 fully saturated rings. The van der Waals surface area contributed by atoms with Crippen LogP contribution in [0.25, 0.3) is 10.9 Å². The molecule has 1 heterocycles. The summed E-state index contributed by atoms with van der Waals surface area (Å²) >= 11 is 0. The smallest absolute Gasteiger partial charge is 0.314 e. The molecular weight excluding hydrogens is 360 g/mol. The average molecular weight is 378 g/mol. The Morgan fingerprint density at radius 2 is 1.71 bits per heavy atom. The Bertz CT molecular complexity index is 1120. The normalized spacial score (nSPS) is 13.3. The molecule has 1 aliphatic rings. The minimum Gasteiger partial charge on any atom is -0.425 e. The number of nitrogens with two attached hydrogens (primary N) is 1. The molecule has 0 saturated heterocycles. The fourth-order valence-corrected chi connectivity index (χ4v) is 2.95. The van der Waals surface area contributed by atoms with Crippen LogP contribution in [0.15, 0.2) is 59.4 Å². The highest BCUT2D eigenvalue weighted by Crippen LogP contribution is 2.33. The Kier molecular flexibility index (Phi) is 4.57. The maximum absolute atomic E-state index is 13.0. The van der Waals surface area contributed by atoms with E-state index in [9.17, 15) is 14.4 Å². The maximum Gasteiger partial charge on any atom is 0.314 e. The van der Waals surface area contributed by atoms with E-state index in [2.05, 4.69) is 0 Å². The number of para-hydroxylation sites is 1. The zero-order chi connectivity index (χ0) is 19.7. The van der Waals surface area contributed by atoms with Crippen LogP contribution in [0.4, 0.5) is 0 Å². The van der Waals surface area contributed by atoms with Crippen LogP contribution in [0.3, 0.4) is 0 Å². The lowest BCUT2D eigenvalue weighted by atomic mass is 10.1. The quantitative estimate of drug-likeness (QED) is 0.662. The van der Waals surface area contributed by atoms with Gasteiger partial charge in [-0.2, -0.15) is 0 Å². The third-order valence-electron chi connectivity index (χ3n) is 4.56. The van der Waals surface area contributed by atoms with E-state index < -0.39 is 23.0 Å². The lowest BCUT2D eigenvalue weighted by Gasteiger charge is -2.16. The van der Waals surface area contributed by atoms with Crippen LogP contribution in [-0.4, -0.2) is 16.6 Å². The van der Waals surface area contributed by atoms with Gasteiger partial charge in [-0.25, -0.2) is 0 Å². The van der Waals surface area contributed by atoms with Crippen molar-refractivity contribution in [3.8, 4) is 5.75 Å². The van der Waals surface area contributed by atoms with E-state index in [-0.39, 0.29) is 18.3 Å². The van der Waals surface area contributed by atoms with Crippen LogP contribution in [-0.2, 0) is 11.4 Å². The summed E-state index contributed by atoms with van der Waals surface area (Å²) in [5.41, 5.74) is 5.52. The van der Waals surface area contributed by atoms with Crippen LogP contribution >= 0.6 is 0 Å². The SMILES string of the molecule is NC(=O)c1c(OC(=O)C2CC2)c2ccccc2n(OCc2ccccc2)c1=O. The molecule has 142 valence electrons. The minimum absolute atomic E-state index is 0.107. The molecule has 0 aliphatic heterocycles. The highest BCUT2D eigenvalue weighted by Gasteiger charge is 2.34. The predicted molar refractivity (Wildman–Crippen MR) is 102 cm³/mol. The van der Waals surface area contributed by atoms with Crippen molar-refractivity contribution >= 4 is 22.8 Å². The van der Waals surface area contributed by atoms with Crippen molar-refractivity contribution in [1.82, 2.24) is 4.73 Å². The molecule has 0 spiro atoms. The van der Waals surface area contributed by atoms with E-state index >= 15 is 0 Å². The molecule has 3 aromatic rings. The summed E-state index contributed by atoms with van der Waals surface area (Å²) in [5, 5.41) is 0.401. The number of pyridine rings is 1. The second-order valence-electron chi connectivity index (χ2n) is 6.64. The Hall–Kier alpha value is -3.61. The number of carbonyl (C=O) groups is 2. The largest absolute Gasteiger partial charge is 0.425 e. The first kappa shape index (κ1) is 17.8. The number of amides is 1. The van der Waals surface area contributed by atoms with E-state index in [1.54, 1.807) is 24.3 Å². The first-order valence-electron chi connectivity index (χ1n) is 8.92. The number of primary amides is 1. The van der Waals surface area contributed by atoms with Gasteiger partial charge in [-0.05, 0) is 30.5 Å². The number of benzene rings is 2. The summed E-state index contributed by atoms with van der Waals surface area (Å²) in [6.07, 6.45) is 1.47. The molecule has 0 radical (unpaired) electrons. The maximum atomic E-state index is 13.0. The highest BCUT2D eigenvalue weighted by molar-refractivity contribution is 6.03. The van der Waals surface area contributed by atoms with Crippen molar-refractivity contribution in [2.24, 2.45) is 11.7 Å². The van der Waals surface area contributed by atoms with Gasteiger partial charge in [0.05, 0.1) is 11.4 Å². The molecule has 2 aromatic carbocycles. The van der Waals surface area contributed by atoms with Crippen LogP contribution in [0.2, 0.25) is 0 Å². The monoisotopic (exact) mass is 378 g/mol. The molecule has 4 rings (SSSR count). The van der Waals surface area contributed by atoms with Crippen molar-refractivity contribution < 1.29 is 19.2 Å². The van der Waals surface area contributed by atoms with Crippen molar-refractivity contribution in [1.29, 1.82) is 0 Å². The molecule has 28 heavy (non-hydrogen) atoms. The van der Waals surface area contributed by atoms with Crippen molar-refractivity contribution in [2.75, 3.05) is 0 Å². The molecule has 0 atom stereocenters. The molecule has 1 saturated carbocycles. The zero-order valence-electron chi connectivity index (χ0n) is 15.0. The lowest BCUT2D eigenvalue weighted by Crippen LogP contribution is -2.35. The van der Waals surface area contributed by atoms with E-state index in [0.717, 1.165) is 23.1 Å². The van der Waals surface area contributed by atoms with E-state index in [4.69, 9.17) is 15.3 Å². The number of esters is 1. The Balaban J connectivity index is 1.83. The van der Waals surface area contributed by atoms with Gasteiger partial charge in [0.25, 0.3) is 11.5 Å². The van der Waals surface area contributed by atoms with Crippen LogP contribution in [0, 0.1) is 5.92 Å². The predicted octanol–water partition coefficient (Wildman–Crippen LogP) is 2.04. The summed E-state index contributed by atoms with van der Waals surface area (Å²) < 4.78 is 6.46. The molecule has 1 aromatic heterocycles. The average Bonchev–Trinajstić information content (AvgIpc) is 3.53. The number of aromatic nitrogens is 1. The third-order valence-corrected chi connectivity index (χ3v) is 4.56. The Morgan fingerprint density at radius 3 is 2.39 bits per heavy atom. The first-order valence-corrected chi connectivity index (χ1v) is 8.92.